The van der Waals surface area contributed by atoms with Crippen molar-refractivity contribution in [2.24, 2.45) is 5.92 Å². The zero-order valence-corrected chi connectivity index (χ0v) is 12.0. The molecule has 1 unspecified atom stereocenters. The van der Waals surface area contributed by atoms with Gasteiger partial charge < -0.3 is 0 Å². The van der Waals surface area contributed by atoms with E-state index in [2.05, 4.69) is 37.8 Å². The van der Waals surface area contributed by atoms with Crippen LogP contribution in [-0.4, -0.2) is 23.3 Å². The van der Waals surface area contributed by atoms with Crippen LogP contribution >= 0.6 is 0 Å². The third-order valence-corrected chi connectivity index (χ3v) is 3.48. The highest BCUT2D eigenvalue weighted by Crippen LogP contribution is 2.11. The molecular weight excluding hydrogens is 222 g/mol. The maximum absolute atomic E-state index is 12.0. The fourth-order valence-electron chi connectivity index (χ4n) is 1.82. The molecular formula is C16H25NO. The molecule has 0 saturated heterocycles. The van der Waals surface area contributed by atoms with E-state index < -0.39 is 0 Å². The minimum absolute atomic E-state index is 0.169. The first-order chi connectivity index (χ1) is 8.54. The van der Waals surface area contributed by atoms with Gasteiger partial charge in [-0.2, -0.15) is 0 Å². The van der Waals surface area contributed by atoms with Crippen molar-refractivity contribution in [1.29, 1.82) is 0 Å². The summed E-state index contributed by atoms with van der Waals surface area (Å²) in [5.74, 6) is 0.518. The van der Waals surface area contributed by atoms with Crippen molar-refractivity contribution in [1.82, 2.24) is 4.90 Å². The Morgan fingerprint density at radius 3 is 2.28 bits per heavy atom. The number of benzene rings is 1. The van der Waals surface area contributed by atoms with Crippen LogP contribution < -0.4 is 0 Å². The van der Waals surface area contributed by atoms with Gasteiger partial charge in [-0.15, -0.1) is 0 Å². The number of carbonyl (C=O) groups excluding carboxylic acids is 1. The molecule has 100 valence electrons. The SMILES string of the molecule is CCC(C)C(=O)CN(Cc1ccccc1)C(C)C. The standard InChI is InChI=1S/C16H25NO/c1-5-14(4)16(18)12-17(13(2)3)11-15-9-7-6-8-10-15/h6-10,13-14H,5,11-12H2,1-4H3. The minimum atomic E-state index is 0.169. The molecule has 1 aromatic carbocycles. The Labute approximate surface area is 111 Å². The predicted octanol–water partition coefficient (Wildman–Crippen LogP) is 3.51. The Morgan fingerprint density at radius 2 is 1.78 bits per heavy atom. The fourth-order valence-corrected chi connectivity index (χ4v) is 1.82. The molecule has 1 rings (SSSR count). The normalized spacial score (nSPS) is 13.0. The van der Waals surface area contributed by atoms with Crippen molar-refractivity contribution in [3.05, 3.63) is 35.9 Å². The molecule has 0 spiro atoms. The summed E-state index contributed by atoms with van der Waals surface area (Å²) < 4.78 is 0. The van der Waals surface area contributed by atoms with Crippen LogP contribution in [-0.2, 0) is 11.3 Å². The van der Waals surface area contributed by atoms with E-state index in [9.17, 15) is 4.79 Å². The van der Waals surface area contributed by atoms with E-state index in [0.29, 0.717) is 18.4 Å². The number of carbonyl (C=O) groups is 1. The van der Waals surface area contributed by atoms with Gasteiger partial charge in [0.05, 0.1) is 6.54 Å². The van der Waals surface area contributed by atoms with Crippen LogP contribution in [0.15, 0.2) is 30.3 Å². The topological polar surface area (TPSA) is 20.3 Å². The predicted molar refractivity (Wildman–Crippen MR) is 76.5 cm³/mol. The van der Waals surface area contributed by atoms with Crippen LogP contribution in [0.2, 0.25) is 0 Å². The van der Waals surface area contributed by atoms with E-state index in [0.717, 1.165) is 13.0 Å². The Morgan fingerprint density at radius 1 is 1.17 bits per heavy atom. The molecule has 18 heavy (non-hydrogen) atoms. The maximum Gasteiger partial charge on any atom is 0.149 e. The first-order valence-electron chi connectivity index (χ1n) is 6.85. The van der Waals surface area contributed by atoms with Crippen molar-refractivity contribution in [3.63, 3.8) is 0 Å². The van der Waals surface area contributed by atoms with Crippen LogP contribution in [0.5, 0.6) is 0 Å². The van der Waals surface area contributed by atoms with E-state index >= 15 is 0 Å². The highest BCUT2D eigenvalue weighted by atomic mass is 16.1. The van der Waals surface area contributed by atoms with E-state index in [1.54, 1.807) is 0 Å². The molecule has 0 bridgehead atoms. The molecule has 1 atom stereocenters. The van der Waals surface area contributed by atoms with E-state index in [-0.39, 0.29) is 5.92 Å². The highest BCUT2D eigenvalue weighted by molar-refractivity contribution is 5.82. The molecule has 2 heteroatoms. The first kappa shape index (κ1) is 14.9. The molecule has 0 saturated carbocycles. The molecule has 0 fully saturated rings. The Balaban J connectivity index is 2.64. The van der Waals surface area contributed by atoms with Gasteiger partial charge in [-0.1, -0.05) is 44.2 Å². The fraction of sp³-hybridized carbons (Fsp3) is 0.562. The zero-order valence-electron chi connectivity index (χ0n) is 12.0. The number of ketones is 1. The van der Waals surface area contributed by atoms with Crippen molar-refractivity contribution in [3.8, 4) is 0 Å². The number of hydrogen-bond donors (Lipinski definition) is 0. The molecule has 0 N–H and O–H groups in total. The van der Waals surface area contributed by atoms with Gasteiger partial charge in [-0.25, -0.2) is 0 Å². The highest BCUT2D eigenvalue weighted by Gasteiger charge is 2.17. The Hall–Kier alpha value is -1.15. The van der Waals surface area contributed by atoms with Gasteiger partial charge >= 0.3 is 0 Å². The first-order valence-corrected chi connectivity index (χ1v) is 6.85. The second kappa shape index (κ2) is 7.32. The molecule has 0 aliphatic heterocycles. The molecule has 1 aromatic rings. The quantitative estimate of drug-likeness (QED) is 0.735. The number of Topliss-reactive ketones (excluding diaryl/α,β-unsaturated/α-hetero) is 1. The van der Waals surface area contributed by atoms with E-state index in [4.69, 9.17) is 0 Å². The van der Waals surface area contributed by atoms with Crippen LogP contribution in [0.3, 0.4) is 0 Å². The van der Waals surface area contributed by atoms with E-state index in [1.807, 2.05) is 25.1 Å². The molecule has 0 heterocycles. The van der Waals surface area contributed by atoms with Crippen molar-refractivity contribution < 1.29 is 4.79 Å². The second-order valence-electron chi connectivity index (χ2n) is 5.26. The molecule has 0 aromatic heterocycles. The minimum Gasteiger partial charge on any atom is -0.298 e. The number of nitrogens with zero attached hydrogens (tertiary/aromatic N) is 1. The molecule has 0 aliphatic rings. The Bertz CT molecular complexity index is 359. The average Bonchev–Trinajstić information content (AvgIpc) is 2.37. The molecule has 0 radical (unpaired) electrons. The van der Waals surface area contributed by atoms with Crippen molar-refractivity contribution in [2.45, 2.75) is 46.7 Å². The van der Waals surface area contributed by atoms with Crippen molar-refractivity contribution >= 4 is 5.78 Å². The summed E-state index contributed by atoms with van der Waals surface area (Å²) in [6.07, 6.45) is 0.927. The summed E-state index contributed by atoms with van der Waals surface area (Å²) >= 11 is 0. The number of hydrogen-bond acceptors (Lipinski definition) is 2. The lowest BCUT2D eigenvalue weighted by atomic mass is 10.0. The lowest BCUT2D eigenvalue weighted by Gasteiger charge is -2.26. The summed E-state index contributed by atoms with van der Waals surface area (Å²) in [5, 5.41) is 0. The maximum atomic E-state index is 12.0. The summed E-state index contributed by atoms with van der Waals surface area (Å²) in [4.78, 5) is 14.3. The van der Waals surface area contributed by atoms with Crippen molar-refractivity contribution in [2.75, 3.05) is 6.54 Å². The lowest BCUT2D eigenvalue weighted by Crippen LogP contribution is -2.37. The second-order valence-corrected chi connectivity index (χ2v) is 5.26. The zero-order chi connectivity index (χ0) is 13.5. The Kier molecular flexibility index (Phi) is 6.06. The summed E-state index contributed by atoms with van der Waals surface area (Å²) in [5.41, 5.74) is 1.27. The van der Waals surface area contributed by atoms with Gasteiger partial charge in [0, 0.05) is 18.5 Å². The summed E-state index contributed by atoms with van der Waals surface area (Å²) in [6, 6.07) is 10.7. The van der Waals surface area contributed by atoms with Gasteiger partial charge in [-0.05, 0) is 25.8 Å². The van der Waals surface area contributed by atoms with E-state index in [1.165, 1.54) is 5.56 Å². The third-order valence-electron chi connectivity index (χ3n) is 3.48. The third kappa shape index (κ3) is 4.61. The van der Waals surface area contributed by atoms with Crippen LogP contribution in [0.25, 0.3) is 0 Å². The smallest absolute Gasteiger partial charge is 0.149 e. The summed E-state index contributed by atoms with van der Waals surface area (Å²) in [7, 11) is 0. The van der Waals surface area contributed by atoms with Crippen LogP contribution in [0.1, 0.15) is 39.7 Å². The average molecular weight is 247 g/mol. The monoisotopic (exact) mass is 247 g/mol. The van der Waals surface area contributed by atoms with Gasteiger partial charge in [0.2, 0.25) is 0 Å². The summed E-state index contributed by atoms with van der Waals surface area (Å²) in [6.45, 7) is 9.78. The van der Waals surface area contributed by atoms with Gasteiger partial charge in [0.1, 0.15) is 5.78 Å². The number of rotatable bonds is 7. The lowest BCUT2D eigenvalue weighted by molar-refractivity contribution is -0.124. The van der Waals surface area contributed by atoms with Crippen LogP contribution in [0, 0.1) is 5.92 Å². The molecule has 2 nitrogen and oxygen atoms in total. The molecule has 0 aliphatic carbocycles. The molecule has 0 amide bonds. The van der Waals surface area contributed by atoms with Crippen LogP contribution in [0.4, 0.5) is 0 Å². The largest absolute Gasteiger partial charge is 0.298 e. The van der Waals surface area contributed by atoms with Gasteiger partial charge in [0.25, 0.3) is 0 Å². The van der Waals surface area contributed by atoms with Gasteiger partial charge in [-0.3, -0.25) is 9.69 Å². The van der Waals surface area contributed by atoms with Gasteiger partial charge in [0.15, 0.2) is 0 Å².